The molecule has 24 heavy (non-hydrogen) atoms. The molecule has 0 saturated carbocycles. The molecule has 4 heteroatoms. The van der Waals surface area contributed by atoms with Crippen LogP contribution in [0.5, 0.6) is 0 Å². The van der Waals surface area contributed by atoms with Crippen molar-refractivity contribution in [1.82, 2.24) is 0 Å². The van der Waals surface area contributed by atoms with Crippen molar-refractivity contribution in [3.63, 3.8) is 0 Å². The molecular weight excluding hydrogens is 316 g/mol. The molecule has 1 aliphatic rings. The van der Waals surface area contributed by atoms with E-state index in [9.17, 15) is 0 Å². The Morgan fingerprint density at radius 3 is 2.50 bits per heavy atom. The van der Waals surface area contributed by atoms with Gasteiger partial charge in [-0.3, -0.25) is 0 Å². The van der Waals surface area contributed by atoms with Gasteiger partial charge in [0.05, 0.1) is 6.61 Å². The zero-order chi connectivity index (χ0) is 18.1. The lowest BCUT2D eigenvalue weighted by atomic mass is 10.1. The van der Waals surface area contributed by atoms with Gasteiger partial charge in [0, 0.05) is 12.7 Å². The molecule has 2 atom stereocenters. The number of rotatable bonds is 10. The van der Waals surface area contributed by atoms with E-state index in [-0.39, 0.29) is 6.29 Å². The molecule has 142 valence electrons. The fraction of sp³-hybridized carbons (Fsp3) is 0.900. The highest BCUT2D eigenvalue weighted by molar-refractivity contribution is 6.74. The fourth-order valence-electron chi connectivity index (χ4n) is 2.61. The zero-order valence-corrected chi connectivity index (χ0v) is 17.9. The number of hydrogen-bond donors (Lipinski definition) is 0. The summed E-state index contributed by atoms with van der Waals surface area (Å²) in [6, 6.07) is 0. The quantitative estimate of drug-likeness (QED) is 0.271. The third-order valence-corrected chi connectivity index (χ3v) is 9.78. The first-order valence-electron chi connectivity index (χ1n) is 9.78. The van der Waals surface area contributed by atoms with Crippen molar-refractivity contribution in [3.05, 3.63) is 12.2 Å². The molecule has 2 unspecified atom stereocenters. The van der Waals surface area contributed by atoms with Gasteiger partial charge >= 0.3 is 0 Å². The molecule has 0 aliphatic carbocycles. The first-order valence-corrected chi connectivity index (χ1v) is 12.7. The highest BCUT2D eigenvalue weighted by Gasteiger charge is 2.38. The summed E-state index contributed by atoms with van der Waals surface area (Å²) in [4.78, 5) is 0. The molecule has 0 N–H and O–H groups in total. The zero-order valence-electron chi connectivity index (χ0n) is 16.9. The average Bonchev–Trinajstić information content (AvgIpc) is 2.49. The maximum atomic E-state index is 6.40. The number of allylic oxidation sites excluding steroid dienone is 1. The lowest BCUT2D eigenvalue weighted by Crippen LogP contribution is -2.43. The van der Waals surface area contributed by atoms with Gasteiger partial charge in [-0.25, -0.2) is 0 Å². The Balaban J connectivity index is 2.04. The van der Waals surface area contributed by atoms with Crippen LogP contribution in [0.3, 0.4) is 0 Å². The smallest absolute Gasteiger partial charge is 0.192 e. The summed E-state index contributed by atoms with van der Waals surface area (Å²) in [6.45, 7) is 15.4. The lowest BCUT2D eigenvalue weighted by Gasteiger charge is -2.38. The Hall–Kier alpha value is -0.163. The van der Waals surface area contributed by atoms with Gasteiger partial charge in [-0.2, -0.15) is 0 Å². The van der Waals surface area contributed by atoms with Crippen LogP contribution in [0, 0.1) is 0 Å². The van der Waals surface area contributed by atoms with Crippen molar-refractivity contribution in [1.29, 1.82) is 0 Å². The molecule has 0 aromatic carbocycles. The monoisotopic (exact) mass is 356 g/mol. The van der Waals surface area contributed by atoms with Gasteiger partial charge in [-0.15, -0.1) is 0 Å². The van der Waals surface area contributed by atoms with Crippen LogP contribution < -0.4 is 0 Å². The Bertz CT molecular complexity index is 354. The average molecular weight is 357 g/mol. The van der Waals surface area contributed by atoms with Crippen molar-refractivity contribution in [2.45, 2.75) is 103 Å². The molecular formula is C20H40O3Si. The Labute approximate surface area is 151 Å². The Kier molecular flexibility index (Phi) is 9.79. The number of hydrogen-bond acceptors (Lipinski definition) is 3. The molecule has 1 saturated heterocycles. The van der Waals surface area contributed by atoms with Crippen LogP contribution in [-0.4, -0.2) is 33.9 Å². The summed E-state index contributed by atoms with van der Waals surface area (Å²) in [5, 5.41) is 0.295. The largest absolute Gasteiger partial charge is 0.414 e. The molecule has 1 heterocycles. The van der Waals surface area contributed by atoms with E-state index in [2.05, 4.69) is 52.9 Å². The van der Waals surface area contributed by atoms with Crippen LogP contribution in [0.4, 0.5) is 0 Å². The number of unbranched alkanes of at least 4 members (excludes halogenated alkanes) is 1. The minimum Gasteiger partial charge on any atom is -0.414 e. The van der Waals surface area contributed by atoms with Crippen LogP contribution >= 0.6 is 0 Å². The van der Waals surface area contributed by atoms with E-state index in [1.807, 2.05) is 0 Å². The molecule has 0 aromatic rings. The Morgan fingerprint density at radius 2 is 1.88 bits per heavy atom. The van der Waals surface area contributed by atoms with Gasteiger partial charge in [0.2, 0.25) is 0 Å². The van der Waals surface area contributed by atoms with Crippen LogP contribution in [0.15, 0.2) is 12.2 Å². The van der Waals surface area contributed by atoms with Gasteiger partial charge in [0.1, 0.15) is 0 Å². The van der Waals surface area contributed by atoms with Crippen LogP contribution in [0.2, 0.25) is 18.1 Å². The minimum atomic E-state index is -1.62. The fourth-order valence-corrected chi connectivity index (χ4v) is 4.09. The number of ether oxygens (including phenoxy) is 2. The van der Waals surface area contributed by atoms with E-state index < -0.39 is 8.32 Å². The van der Waals surface area contributed by atoms with E-state index in [1.54, 1.807) is 0 Å². The standard InChI is InChI=1S/C20H40O3Si/c1-18(23-24(5,6)20(2,3)4)14-10-8-7-9-12-16-21-19-15-11-13-17-22-19/h7,9,18-19H,8,10-17H2,1-6H3/b9-7-. The SMILES string of the molecule is CC(CCC/C=C\CCOC1CCCCO1)O[Si](C)(C)C(C)(C)C. The van der Waals surface area contributed by atoms with Crippen molar-refractivity contribution < 1.29 is 13.9 Å². The summed E-state index contributed by atoms with van der Waals surface area (Å²) in [5.74, 6) is 0. The molecule has 0 amide bonds. The molecule has 0 aromatic heterocycles. The van der Waals surface area contributed by atoms with E-state index in [1.165, 1.54) is 19.3 Å². The van der Waals surface area contributed by atoms with Crippen molar-refractivity contribution in [2.75, 3.05) is 13.2 Å². The van der Waals surface area contributed by atoms with Crippen molar-refractivity contribution in [3.8, 4) is 0 Å². The molecule has 1 rings (SSSR count). The van der Waals surface area contributed by atoms with Crippen molar-refractivity contribution >= 4 is 8.32 Å². The second-order valence-electron chi connectivity index (χ2n) is 8.55. The summed E-state index contributed by atoms with van der Waals surface area (Å²) in [7, 11) is -1.62. The maximum Gasteiger partial charge on any atom is 0.192 e. The van der Waals surface area contributed by atoms with Gasteiger partial charge in [-0.05, 0) is 70.0 Å². The van der Waals surface area contributed by atoms with Crippen LogP contribution in [0.25, 0.3) is 0 Å². The molecule has 0 radical (unpaired) electrons. The molecule has 0 spiro atoms. The van der Waals surface area contributed by atoms with Gasteiger partial charge in [-0.1, -0.05) is 32.9 Å². The van der Waals surface area contributed by atoms with Gasteiger partial charge in [0.15, 0.2) is 14.6 Å². The van der Waals surface area contributed by atoms with Gasteiger partial charge < -0.3 is 13.9 Å². The second kappa shape index (κ2) is 10.7. The first kappa shape index (κ1) is 21.9. The summed E-state index contributed by atoms with van der Waals surface area (Å²) in [6.07, 6.45) is 12.8. The van der Waals surface area contributed by atoms with E-state index >= 15 is 0 Å². The summed E-state index contributed by atoms with van der Waals surface area (Å²) >= 11 is 0. The third-order valence-electron chi connectivity index (χ3n) is 5.18. The molecule has 0 bridgehead atoms. The maximum absolute atomic E-state index is 6.40. The second-order valence-corrected chi connectivity index (χ2v) is 13.3. The van der Waals surface area contributed by atoms with E-state index in [4.69, 9.17) is 13.9 Å². The van der Waals surface area contributed by atoms with E-state index in [0.29, 0.717) is 11.1 Å². The minimum absolute atomic E-state index is 0.0421. The highest BCUT2D eigenvalue weighted by Crippen LogP contribution is 2.37. The topological polar surface area (TPSA) is 27.7 Å². The summed E-state index contributed by atoms with van der Waals surface area (Å²) < 4.78 is 17.7. The predicted octanol–water partition coefficient (Wildman–Crippen LogP) is 6.06. The lowest BCUT2D eigenvalue weighted by molar-refractivity contribution is -0.161. The van der Waals surface area contributed by atoms with E-state index in [0.717, 1.165) is 38.9 Å². The van der Waals surface area contributed by atoms with Crippen molar-refractivity contribution in [2.24, 2.45) is 0 Å². The summed E-state index contributed by atoms with van der Waals surface area (Å²) in [5.41, 5.74) is 0. The third kappa shape index (κ3) is 8.79. The molecule has 1 fully saturated rings. The van der Waals surface area contributed by atoms with Crippen LogP contribution in [-0.2, 0) is 13.9 Å². The normalized spacial score (nSPS) is 21.3. The van der Waals surface area contributed by atoms with Crippen LogP contribution in [0.1, 0.15) is 72.6 Å². The molecule has 3 nitrogen and oxygen atoms in total. The highest BCUT2D eigenvalue weighted by atomic mass is 28.4. The van der Waals surface area contributed by atoms with Gasteiger partial charge in [0.25, 0.3) is 0 Å². The Morgan fingerprint density at radius 1 is 1.17 bits per heavy atom. The first-order chi connectivity index (χ1) is 11.2. The molecule has 1 aliphatic heterocycles. The predicted molar refractivity (Wildman–Crippen MR) is 105 cm³/mol.